The second kappa shape index (κ2) is 4.16. The summed E-state index contributed by atoms with van der Waals surface area (Å²) in [6.45, 7) is 1.74. The van der Waals surface area contributed by atoms with Gasteiger partial charge in [-0.25, -0.2) is 0 Å². The number of nitrogens with one attached hydrogen (secondary N) is 1. The molecule has 1 heterocycles. The number of amides is 1. The van der Waals surface area contributed by atoms with Crippen LogP contribution in [0.15, 0.2) is 0 Å². The summed E-state index contributed by atoms with van der Waals surface area (Å²) in [4.78, 5) is 12.5. The molecule has 1 aliphatic rings. The fraction of sp³-hybridized carbons (Fsp3) is 0.875. The summed E-state index contributed by atoms with van der Waals surface area (Å²) in [6.07, 6.45) is -3.92. The zero-order valence-electron chi connectivity index (χ0n) is 7.90. The lowest BCUT2D eigenvalue weighted by Crippen LogP contribution is -2.39. The summed E-state index contributed by atoms with van der Waals surface area (Å²) in [6, 6.07) is 0. The van der Waals surface area contributed by atoms with E-state index >= 15 is 0 Å². The number of alkyl halides is 3. The Labute approximate surface area is 80.3 Å². The van der Waals surface area contributed by atoms with Crippen molar-refractivity contribution in [2.24, 2.45) is 5.92 Å². The summed E-state index contributed by atoms with van der Waals surface area (Å²) in [5.41, 5.74) is 0. The van der Waals surface area contributed by atoms with Gasteiger partial charge in [0.2, 0.25) is 0 Å². The molecule has 82 valence electrons. The van der Waals surface area contributed by atoms with Crippen LogP contribution in [-0.4, -0.2) is 43.7 Å². The third-order valence-corrected chi connectivity index (χ3v) is 2.30. The van der Waals surface area contributed by atoms with Gasteiger partial charge in [0.25, 0.3) is 0 Å². The minimum absolute atomic E-state index is 0.114. The first-order chi connectivity index (χ1) is 6.39. The fourth-order valence-corrected chi connectivity index (χ4v) is 1.53. The lowest BCUT2D eigenvalue weighted by molar-refractivity contribution is -0.173. The van der Waals surface area contributed by atoms with E-state index in [9.17, 15) is 18.0 Å². The van der Waals surface area contributed by atoms with Gasteiger partial charge in [0, 0.05) is 13.1 Å². The van der Waals surface area contributed by atoms with Gasteiger partial charge < -0.3 is 10.2 Å². The molecule has 6 heteroatoms. The molecule has 14 heavy (non-hydrogen) atoms. The number of likely N-dealkylation sites (tertiary alicyclic amines) is 1. The molecular weight excluding hydrogens is 197 g/mol. The topological polar surface area (TPSA) is 32.3 Å². The molecule has 1 saturated heterocycles. The number of hydrogen-bond donors (Lipinski definition) is 1. The average molecular weight is 210 g/mol. The Morgan fingerprint density at radius 2 is 2.21 bits per heavy atom. The van der Waals surface area contributed by atoms with Gasteiger partial charge in [0.1, 0.15) is 0 Å². The van der Waals surface area contributed by atoms with E-state index in [4.69, 9.17) is 0 Å². The number of rotatable bonds is 2. The third-order valence-electron chi connectivity index (χ3n) is 2.30. The molecule has 0 bridgehead atoms. The van der Waals surface area contributed by atoms with Crippen molar-refractivity contribution in [3.63, 3.8) is 0 Å². The highest BCUT2D eigenvalue weighted by Crippen LogP contribution is 2.16. The van der Waals surface area contributed by atoms with Gasteiger partial charge >= 0.3 is 12.1 Å². The molecule has 1 atom stereocenters. The molecule has 0 saturated carbocycles. The minimum Gasteiger partial charge on any atom is -0.348 e. The number of halogens is 3. The molecule has 1 aliphatic heterocycles. The van der Waals surface area contributed by atoms with Crippen molar-refractivity contribution in [2.45, 2.75) is 12.6 Å². The molecular formula is C8H13F3N2O. The number of hydrogen-bond acceptors (Lipinski definition) is 2. The van der Waals surface area contributed by atoms with Crippen LogP contribution in [0.3, 0.4) is 0 Å². The number of nitrogens with zero attached hydrogens (tertiary/aromatic N) is 1. The minimum atomic E-state index is -4.76. The van der Waals surface area contributed by atoms with Crippen LogP contribution in [0, 0.1) is 5.92 Å². The van der Waals surface area contributed by atoms with Crippen LogP contribution < -0.4 is 5.32 Å². The average Bonchev–Trinajstić information content (AvgIpc) is 2.45. The van der Waals surface area contributed by atoms with Crippen molar-refractivity contribution in [1.29, 1.82) is 0 Å². The van der Waals surface area contributed by atoms with Crippen LogP contribution in [-0.2, 0) is 4.79 Å². The quantitative estimate of drug-likeness (QED) is 0.724. The van der Waals surface area contributed by atoms with E-state index in [0.717, 1.165) is 19.5 Å². The first-order valence-electron chi connectivity index (χ1n) is 4.43. The predicted molar refractivity (Wildman–Crippen MR) is 44.7 cm³/mol. The van der Waals surface area contributed by atoms with Crippen molar-refractivity contribution < 1.29 is 18.0 Å². The maximum atomic E-state index is 11.8. The summed E-state index contributed by atoms with van der Waals surface area (Å²) in [5.74, 6) is -1.70. The van der Waals surface area contributed by atoms with Crippen LogP contribution in [0.2, 0.25) is 0 Å². The van der Waals surface area contributed by atoms with Gasteiger partial charge in [-0.1, -0.05) is 0 Å². The summed E-state index contributed by atoms with van der Waals surface area (Å²) >= 11 is 0. The Morgan fingerprint density at radius 3 is 2.64 bits per heavy atom. The predicted octanol–water partition coefficient (Wildman–Crippen LogP) is 0.617. The second-order valence-corrected chi connectivity index (χ2v) is 3.62. The standard InChI is InChI=1S/C8H13F3N2O/c1-13-3-2-6(5-13)4-12-7(14)8(9,10)11/h6H,2-5H2,1H3,(H,12,14). The van der Waals surface area contributed by atoms with Crippen molar-refractivity contribution in [3.8, 4) is 0 Å². The van der Waals surface area contributed by atoms with Crippen molar-refractivity contribution in [2.75, 3.05) is 26.7 Å². The van der Waals surface area contributed by atoms with Crippen LogP contribution >= 0.6 is 0 Å². The SMILES string of the molecule is CN1CCC(CNC(=O)C(F)(F)F)C1. The molecule has 0 aromatic carbocycles. The van der Waals surface area contributed by atoms with Crippen LogP contribution in [0.25, 0.3) is 0 Å². The molecule has 1 N–H and O–H groups in total. The lowest BCUT2D eigenvalue weighted by Gasteiger charge is -2.12. The molecule has 0 radical (unpaired) electrons. The molecule has 3 nitrogen and oxygen atoms in total. The first-order valence-corrected chi connectivity index (χ1v) is 4.43. The van der Waals surface area contributed by atoms with Crippen LogP contribution in [0.5, 0.6) is 0 Å². The number of carbonyl (C=O) groups excluding carboxylic acids is 1. The zero-order chi connectivity index (χ0) is 10.8. The smallest absolute Gasteiger partial charge is 0.348 e. The molecule has 1 fully saturated rings. The Morgan fingerprint density at radius 1 is 1.57 bits per heavy atom. The highest BCUT2D eigenvalue weighted by atomic mass is 19.4. The molecule has 1 amide bonds. The molecule has 1 rings (SSSR count). The second-order valence-electron chi connectivity index (χ2n) is 3.62. The Balaban J connectivity index is 2.24. The highest BCUT2D eigenvalue weighted by Gasteiger charge is 2.38. The molecule has 1 unspecified atom stereocenters. The van der Waals surface area contributed by atoms with Gasteiger partial charge in [-0.15, -0.1) is 0 Å². The Kier molecular flexibility index (Phi) is 3.36. The highest BCUT2D eigenvalue weighted by molar-refractivity contribution is 5.81. The van der Waals surface area contributed by atoms with E-state index in [0.29, 0.717) is 0 Å². The third kappa shape index (κ3) is 3.17. The Hall–Kier alpha value is -0.780. The molecule has 0 aliphatic carbocycles. The van der Waals surface area contributed by atoms with Crippen molar-refractivity contribution in [1.82, 2.24) is 10.2 Å². The largest absolute Gasteiger partial charge is 0.471 e. The van der Waals surface area contributed by atoms with Gasteiger partial charge in [0.15, 0.2) is 0 Å². The zero-order valence-corrected chi connectivity index (χ0v) is 7.90. The van der Waals surface area contributed by atoms with Crippen LogP contribution in [0.1, 0.15) is 6.42 Å². The normalized spacial score (nSPS) is 23.9. The molecule has 0 spiro atoms. The van der Waals surface area contributed by atoms with Gasteiger partial charge in [0.05, 0.1) is 0 Å². The number of carbonyl (C=O) groups is 1. The van der Waals surface area contributed by atoms with E-state index in [1.807, 2.05) is 17.3 Å². The van der Waals surface area contributed by atoms with Crippen molar-refractivity contribution in [3.05, 3.63) is 0 Å². The fourth-order valence-electron chi connectivity index (χ4n) is 1.53. The maximum Gasteiger partial charge on any atom is 0.471 e. The van der Waals surface area contributed by atoms with E-state index in [2.05, 4.69) is 0 Å². The monoisotopic (exact) mass is 210 g/mol. The van der Waals surface area contributed by atoms with Gasteiger partial charge in [-0.05, 0) is 25.9 Å². The summed E-state index contributed by atoms with van der Waals surface area (Å²) < 4.78 is 35.3. The van der Waals surface area contributed by atoms with Gasteiger partial charge in [-0.2, -0.15) is 13.2 Å². The van der Waals surface area contributed by atoms with E-state index in [-0.39, 0.29) is 12.5 Å². The summed E-state index contributed by atoms with van der Waals surface area (Å²) in [5, 5.41) is 1.89. The van der Waals surface area contributed by atoms with Crippen molar-refractivity contribution >= 4 is 5.91 Å². The molecule has 0 aromatic heterocycles. The van der Waals surface area contributed by atoms with E-state index in [1.54, 1.807) is 0 Å². The van der Waals surface area contributed by atoms with E-state index < -0.39 is 12.1 Å². The first kappa shape index (κ1) is 11.3. The molecule has 0 aromatic rings. The van der Waals surface area contributed by atoms with Gasteiger partial charge in [-0.3, -0.25) is 4.79 Å². The maximum absolute atomic E-state index is 11.8. The Bertz CT molecular complexity index is 217. The van der Waals surface area contributed by atoms with Crippen LogP contribution in [0.4, 0.5) is 13.2 Å². The lowest BCUT2D eigenvalue weighted by atomic mass is 10.1. The summed E-state index contributed by atoms with van der Waals surface area (Å²) in [7, 11) is 1.91. The van der Waals surface area contributed by atoms with E-state index in [1.165, 1.54) is 0 Å².